The Labute approximate surface area is 200 Å². The molecular formula is C28H32N2O4. The van der Waals surface area contributed by atoms with E-state index in [1.165, 1.54) is 0 Å². The number of Topliss-reactive ketones (excluding diaryl/α,β-unsaturated/α-hetero) is 1. The number of aliphatic hydroxyl groups excluding tert-OH is 1. The lowest BCUT2D eigenvalue weighted by Crippen LogP contribution is -2.30. The van der Waals surface area contributed by atoms with Gasteiger partial charge in [0.15, 0.2) is 0 Å². The van der Waals surface area contributed by atoms with Gasteiger partial charge in [-0.25, -0.2) is 0 Å². The predicted octanol–water partition coefficient (Wildman–Crippen LogP) is 5.88. The van der Waals surface area contributed by atoms with Crippen LogP contribution in [0.15, 0.2) is 54.2 Å². The van der Waals surface area contributed by atoms with Crippen molar-refractivity contribution in [2.24, 2.45) is 0 Å². The van der Waals surface area contributed by atoms with Crippen LogP contribution in [0.4, 0.5) is 0 Å². The van der Waals surface area contributed by atoms with Crippen LogP contribution in [0.2, 0.25) is 0 Å². The van der Waals surface area contributed by atoms with Gasteiger partial charge in [-0.3, -0.25) is 9.59 Å². The van der Waals surface area contributed by atoms with E-state index in [9.17, 15) is 14.7 Å². The number of aryl methyl sites for hydroxylation is 1. The molecule has 0 radical (unpaired) electrons. The lowest BCUT2D eigenvalue weighted by molar-refractivity contribution is -0.139. The molecule has 4 rings (SSSR count). The summed E-state index contributed by atoms with van der Waals surface area (Å²) >= 11 is 0. The van der Waals surface area contributed by atoms with E-state index in [0.29, 0.717) is 12.1 Å². The molecule has 0 spiro atoms. The molecule has 1 aliphatic heterocycles. The molecule has 2 heterocycles. The topological polar surface area (TPSA) is 82.6 Å². The van der Waals surface area contributed by atoms with Gasteiger partial charge in [-0.1, -0.05) is 38.0 Å². The summed E-state index contributed by atoms with van der Waals surface area (Å²) in [4.78, 5) is 31.2. The Morgan fingerprint density at radius 2 is 1.91 bits per heavy atom. The molecule has 1 atom stereocenters. The minimum absolute atomic E-state index is 0.0217. The van der Waals surface area contributed by atoms with Crippen LogP contribution in [0.1, 0.15) is 62.8 Å². The standard InChI is InChI=1S/C28H32N2O4/c1-5-6-9-14-30-25(21-16-29-22-11-8-7-10-20(21)22)24(27(32)28(30)33)26(31)19-12-13-23(18(4)15-19)34-17(2)3/h7-8,10-13,15-17,25,29,31H,5-6,9,14H2,1-4H3/b26-24+. The predicted molar refractivity (Wildman–Crippen MR) is 134 cm³/mol. The highest BCUT2D eigenvalue weighted by molar-refractivity contribution is 6.46. The van der Waals surface area contributed by atoms with E-state index in [0.717, 1.165) is 47.0 Å². The number of para-hydroxylation sites is 1. The lowest BCUT2D eigenvalue weighted by Gasteiger charge is -2.25. The van der Waals surface area contributed by atoms with E-state index in [-0.39, 0.29) is 17.4 Å². The number of carbonyl (C=O) groups is 2. The Balaban J connectivity index is 1.84. The highest BCUT2D eigenvalue weighted by Crippen LogP contribution is 2.42. The zero-order valence-corrected chi connectivity index (χ0v) is 20.2. The van der Waals surface area contributed by atoms with Crippen molar-refractivity contribution < 1.29 is 19.4 Å². The van der Waals surface area contributed by atoms with Crippen molar-refractivity contribution in [2.75, 3.05) is 6.54 Å². The smallest absolute Gasteiger partial charge is 0.295 e. The van der Waals surface area contributed by atoms with Gasteiger partial charge < -0.3 is 19.7 Å². The van der Waals surface area contributed by atoms with Crippen molar-refractivity contribution in [2.45, 2.75) is 59.1 Å². The Morgan fingerprint density at radius 3 is 2.62 bits per heavy atom. The molecule has 2 aromatic carbocycles. The number of hydrogen-bond donors (Lipinski definition) is 2. The Kier molecular flexibility index (Phi) is 6.77. The van der Waals surface area contributed by atoms with Crippen LogP contribution in [-0.4, -0.2) is 39.3 Å². The molecule has 1 unspecified atom stereocenters. The van der Waals surface area contributed by atoms with Gasteiger partial charge in [-0.15, -0.1) is 0 Å². The number of aromatic nitrogens is 1. The monoisotopic (exact) mass is 460 g/mol. The van der Waals surface area contributed by atoms with E-state index in [1.54, 1.807) is 23.1 Å². The normalized spacial score (nSPS) is 17.8. The Bertz CT molecular complexity index is 1250. The maximum absolute atomic E-state index is 13.3. The minimum atomic E-state index is -0.653. The van der Waals surface area contributed by atoms with Crippen LogP contribution in [0.25, 0.3) is 16.7 Å². The van der Waals surface area contributed by atoms with Crippen molar-refractivity contribution in [1.29, 1.82) is 0 Å². The number of H-pyrrole nitrogens is 1. The van der Waals surface area contributed by atoms with Gasteiger partial charge in [0, 0.05) is 34.8 Å². The average Bonchev–Trinajstić information content (AvgIpc) is 3.34. The van der Waals surface area contributed by atoms with Crippen molar-refractivity contribution in [1.82, 2.24) is 9.88 Å². The first-order valence-corrected chi connectivity index (χ1v) is 12.0. The highest BCUT2D eigenvalue weighted by Gasteiger charge is 2.46. The molecule has 1 saturated heterocycles. The molecule has 1 aromatic heterocycles. The van der Waals surface area contributed by atoms with Gasteiger partial charge in [0.1, 0.15) is 11.5 Å². The van der Waals surface area contributed by atoms with Crippen molar-refractivity contribution in [3.63, 3.8) is 0 Å². The summed E-state index contributed by atoms with van der Waals surface area (Å²) in [6.07, 6.45) is 4.62. The van der Waals surface area contributed by atoms with Crippen molar-refractivity contribution in [3.8, 4) is 5.75 Å². The molecule has 0 bridgehead atoms. The van der Waals surface area contributed by atoms with E-state index in [2.05, 4.69) is 11.9 Å². The number of likely N-dealkylation sites (tertiary alicyclic amines) is 1. The number of hydrogen-bond acceptors (Lipinski definition) is 4. The fourth-order valence-electron chi connectivity index (χ4n) is 4.62. The number of benzene rings is 2. The number of unbranched alkanes of at least 4 members (excludes halogenated alkanes) is 2. The SMILES string of the molecule is CCCCCN1C(=O)C(=O)/C(=C(/O)c2ccc(OC(C)C)c(C)c2)C1c1c[nH]c2ccccc12. The molecule has 178 valence electrons. The number of carbonyl (C=O) groups excluding carboxylic acids is 2. The van der Waals surface area contributed by atoms with Crippen molar-refractivity contribution in [3.05, 3.63) is 70.9 Å². The van der Waals surface area contributed by atoms with Gasteiger partial charge >= 0.3 is 0 Å². The summed E-state index contributed by atoms with van der Waals surface area (Å²) in [5.41, 5.74) is 3.19. The first-order chi connectivity index (χ1) is 16.3. The summed E-state index contributed by atoms with van der Waals surface area (Å²) in [6, 6.07) is 12.5. The number of ether oxygens (including phenoxy) is 1. The van der Waals surface area contributed by atoms with Crippen molar-refractivity contribution >= 4 is 28.4 Å². The molecular weight excluding hydrogens is 428 g/mol. The van der Waals surface area contributed by atoms with Crippen LogP contribution in [0.5, 0.6) is 5.75 Å². The molecule has 0 aliphatic carbocycles. The number of rotatable bonds is 8. The average molecular weight is 461 g/mol. The number of nitrogens with one attached hydrogen (secondary N) is 1. The van der Waals surface area contributed by atoms with Gasteiger partial charge in [-0.05, 0) is 57.0 Å². The first kappa shape index (κ1) is 23.6. The summed E-state index contributed by atoms with van der Waals surface area (Å²) in [7, 11) is 0. The van der Waals surface area contributed by atoms with E-state index in [1.807, 2.05) is 51.2 Å². The van der Waals surface area contributed by atoms with Gasteiger partial charge in [0.05, 0.1) is 17.7 Å². The maximum atomic E-state index is 13.3. The fourth-order valence-corrected chi connectivity index (χ4v) is 4.62. The number of aliphatic hydroxyl groups is 1. The van der Waals surface area contributed by atoms with Crippen LogP contribution >= 0.6 is 0 Å². The molecule has 1 aliphatic rings. The molecule has 0 saturated carbocycles. The second-order valence-corrected chi connectivity index (χ2v) is 9.14. The zero-order chi connectivity index (χ0) is 24.4. The van der Waals surface area contributed by atoms with Crippen LogP contribution in [0.3, 0.4) is 0 Å². The van der Waals surface area contributed by atoms with Crippen LogP contribution < -0.4 is 4.74 Å². The first-order valence-electron chi connectivity index (χ1n) is 12.0. The Hall–Kier alpha value is -3.54. The minimum Gasteiger partial charge on any atom is -0.507 e. The van der Waals surface area contributed by atoms with Crippen LogP contribution in [-0.2, 0) is 9.59 Å². The van der Waals surface area contributed by atoms with Gasteiger partial charge in [0.2, 0.25) is 0 Å². The second kappa shape index (κ2) is 9.75. The lowest BCUT2D eigenvalue weighted by atomic mass is 9.94. The van der Waals surface area contributed by atoms with E-state index >= 15 is 0 Å². The third-order valence-electron chi connectivity index (χ3n) is 6.27. The van der Waals surface area contributed by atoms with Crippen LogP contribution in [0, 0.1) is 6.92 Å². The van der Waals surface area contributed by atoms with E-state index in [4.69, 9.17) is 4.74 Å². The molecule has 1 fully saturated rings. The highest BCUT2D eigenvalue weighted by atomic mass is 16.5. The second-order valence-electron chi connectivity index (χ2n) is 9.14. The summed E-state index contributed by atoms with van der Waals surface area (Å²) in [6.45, 7) is 8.36. The summed E-state index contributed by atoms with van der Waals surface area (Å²) in [5.74, 6) is -0.653. The quantitative estimate of drug-likeness (QED) is 0.190. The number of aromatic amines is 1. The maximum Gasteiger partial charge on any atom is 0.295 e. The molecule has 2 N–H and O–H groups in total. The Morgan fingerprint density at radius 1 is 1.15 bits per heavy atom. The number of ketones is 1. The molecule has 6 heteroatoms. The molecule has 1 amide bonds. The number of nitrogens with zero attached hydrogens (tertiary/aromatic N) is 1. The zero-order valence-electron chi connectivity index (χ0n) is 20.2. The third-order valence-corrected chi connectivity index (χ3v) is 6.27. The molecule has 34 heavy (non-hydrogen) atoms. The van der Waals surface area contributed by atoms with Gasteiger partial charge in [-0.2, -0.15) is 0 Å². The molecule has 3 aromatic rings. The number of fused-ring (bicyclic) bond motifs is 1. The summed E-state index contributed by atoms with van der Waals surface area (Å²) < 4.78 is 5.81. The largest absolute Gasteiger partial charge is 0.507 e. The third kappa shape index (κ3) is 4.32. The van der Waals surface area contributed by atoms with Gasteiger partial charge in [0.25, 0.3) is 11.7 Å². The van der Waals surface area contributed by atoms with E-state index < -0.39 is 17.7 Å². The fraction of sp³-hybridized carbons (Fsp3) is 0.357. The molecule has 6 nitrogen and oxygen atoms in total. The number of amides is 1. The summed E-state index contributed by atoms with van der Waals surface area (Å²) in [5, 5.41) is 12.3.